The summed E-state index contributed by atoms with van der Waals surface area (Å²) in [5.41, 5.74) is 10.6. The molecule has 2 aliphatic heterocycles. The highest BCUT2D eigenvalue weighted by Gasteiger charge is 2.29. The van der Waals surface area contributed by atoms with Crippen molar-refractivity contribution in [3.8, 4) is 5.75 Å². The molecule has 0 fully saturated rings. The number of azide groups is 1. The summed E-state index contributed by atoms with van der Waals surface area (Å²) in [7, 11) is 0. The molecular weight excluding hydrogens is 508 g/mol. The highest BCUT2D eigenvalue weighted by Crippen LogP contribution is 2.22. The Hall–Kier alpha value is -3.84. The number of ketones is 1. The van der Waals surface area contributed by atoms with Crippen LogP contribution in [0.5, 0.6) is 5.75 Å². The van der Waals surface area contributed by atoms with Gasteiger partial charge < -0.3 is 14.8 Å². The van der Waals surface area contributed by atoms with Crippen molar-refractivity contribution in [1.29, 1.82) is 0 Å². The maximum atomic E-state index is 13.6. The fraction of sp³-hybridized carbons (Fsp3) is 0.516. The topological polar surface area (TPSA) is 130 Å². The molecule has 4 rings (SSSR count). The summed E-state index contributed by atoms with van der Waals surface area (Å²) in [6.07, 6.45) is 3.23. The van der Waals surface area contributed by atoms with Crippen LogP contribution in [0.3, 0.4) is 0 Å². The molecule has 2 heterocycles. The number of hydrogen-bond acceptors (Lipinski definition) is 6. The monoisotopic (exact) mass is 548 g/mol. The molecule has 2 bridgehead atoms. The maximum Gasteiger partial charge on any atom is 0.306 e. The van der Waals surface area contributed by atoms with E-state index in [-0.39, 0.29) is 49.5 Å². The van der Waals surface area contributed by atoms with E-state index >= 15 is 0 Å². The van der Waals surface area contributed by atoms with Crippen LogP contribution in [-0.4, -0.2) is 36.9 Å². The van der Waals surface area contributed by atoms with Gasteiger partial charge in [-0.15, -0.1) is 0 Å². The number of nitrogens with one attached hydrogen (secondary N) is 1. The first-order chi connectivity index (χ1) is 19.3. The first-order valence-corrected chi connectivity index (χ1v) is 14.1. The predicted octanol–water partition coefficient (Wildman–Crippen LogP) is 5.96. The molecule has 0 radical (unpaired) electrons. The van der Waals surface area contributed by atoms with E-state index in [2.05, 4.69) is 15.3 Å². The minimum absolute atomic E-state index is 0.0879. The van der Waals surface area contributed by atoms with Crippen molar-refractivity contribution in [2.75, 3.05) is 13.2 Å². The molecule has 214 valence electrons. The van der Waals surface area contributed by atoms with E-state index in [1.165, 1.54) is 0 Å². The van der Waals surface area contributed by atoms with Crippen LogP contribution in [0.4, 0.5) is 0 Å². The van der Waals surface area contributed by atoms with Crippen molar-refractivity contribution in [1.82, 2.24) is 5.32 Å². The zero-order chi connectivity index (χ0) is 28.7. The zero-order valence-corrected chi connectivity index (χ0v) is 23.5. The number of carbonyl (C=O) groups excluding carboxylic acids is 3. The maximum absolute atomic E-state index is 13.6. The second-order valence-electron chi connectivity index (χ2n) is 10.9. The third kappa shape index (κ3) is 10.7. The van der Waals surface area contributed by atoms with Gasteiger partial charge in [0.25, 0.3) is 0 Å². The van der Waals surface area contributed by atoms with E-state index in [0.717, 1.165) is 29.7 Å². The van der Waals surface area contributed by atoms with Gasteiger partial charge in [0.1, 0.15) is 12.4 Å². The Bertz CT molecular complexity index is 1150. The third-order valence-corrected chi connectivity index (χ3v) is 7.01. The molecule has 1 N–H and O–H groups in total. The van der Waals surface area contributed by atoms with Crippen molar-refractivity contribution < 1.29 is 23.9 Å². The summed E-state index contributed by atoms with van der Waals surface area (Å²) in [6, 6.07) is 16.2. The zero-order valence-electron chi connectivity index (χ0n) is 23.5. The summed E-state index contributed by atoms with van der Waals surface area (Å²) in [5, 5.41) is 6.69. The van der Waals surface area contributed by atoms with Gasteiger partial charge in [0.15, 0.2) is 5.78 Å². The van der Waals surface area contributed by atoms with E-state index in [0.29, 0.717) is 25.9 Å². The van der Waals surface area contributed by atoms with Gasteiger partial charge >= 0.3 is 5.97 Å². The third-order valence-electron chi connectivity index (χ3n) is 7.01. The van der Waals surface area contributed by atoms with Crippen molar-refractivity contribution in [3.63, 3.8) is 0 Å². The Morgan fingerprint density at radius 1 is 1.10 bits per heavy atom. The van der Waals surface area contributed by atoms with E-state index in [1.807, 2.05) is 68.4 Å². The van der Waals surface area contributed by atoms with Gasteiger partial charge in [0.2, 0.25) is 5.91 Å². The molecule has 0 saturated carbocycles. The largest absolute Gasteiger partial charge is 0.494 e. The lowest BCUT2D eigenvalue weighted by Gasteiger charge is -2.25. The molecule has 9 heteroatoms. The van der Waals surface area contributed by atoms with Crippen LogP contribution in [0.25, 0.3) is 10.4 Å². The number of rotatable bonds is 8. The molecule has 0 spiro atoms. The average molecular weight is 549 g/mol. The number of ether oxygens (including phenoxy) is 2. The fourth-order valence-electron chi connectivity index (χ4n) is 4.86. The normalized spacial score (nSPS) is 20.6. The molecule has 1 amide bonds. The number of benzene rings is 2. The molecule has 9 nitrogen and oxygen atoms in total. The van der Waals surface area contributed by atoms with E-state index in [9.17, 15) is 14.4 Å². The number of nitrogens with zero attached hydrogens (tertiary/aromatic N) is 3. The molecule has 40 heavy (non-hydrogen) atoms. The van der Waals surface area contributed by atoms with Crippen molar-refractivity contribution in [3.05, 3.63) is 76.2 Å². The molecule has 0 unspecified atom stereocenters. The number of fused-ring (bicyclic) bond motifs is 14. The highest BCUT2D eigenvalue weighted by molar-refractivity contribution is 5.91. The summed E-state index contributed by atoms with van der Waals surface area (Å²) < 4.78 is 11.3. The standard InChI is InChI=1S/C31H40N4O5/c1-22(2)16-28-29(36)18-25(20-33-35-32)10-6-7-15-39-27-13-11-23(12-14-27)17-26(31(38)34-28)19-30(37)40-21-24-8-4-3-5-9-24/h3-5,8-9,11-14,22,25-26,28H,6-7,10,15-21H2,1-2H3,(H,34,38)/t25-,26-,28+/m1/s1. The van der Waals surface area contributed by atoms with Crippen LogP contribution in [0.15, 0.2) is 59.7 Å². The highest BCUT2D eigenvalue weighted by atomic mass is 16.5. The lowest BCUT2D eigenvalue weighted by atomic mass is 9.89. The van der Waals surface area contributed by atoms with E-state index < -0.39 is 17.9 Å². The Morgan fingerprint density at radius 3 is 2.55 bits per heavy atom. The average Bonchev–Trinajstić information content (AvgIpc) is 2.94. The van der Waals surface area contributed by atoms with Crippen molar-refractivity contribution in [2.24, 2.45) is 22.9 Å². The minimum atomic E-state index is -0.716. The molecule has 2 aromatic rings. The summed E-state index contributed by atoms with van der Waals surface area (Å²) in [5.74, 6) is -0.856. The Morgan fingerprint density at radius 2 is 1.85 bits per heavy atom. The molecule has 0 aliphatic carbocycles. The Kier molecular flexibility index (Phi) is 12.5. The molecule has 3 atom stereocenters. The van der Waals surface area contributed by atoms with Gasteiger partial charge in [-0.25, -0.2) is 0 Å². The fourth-order valence-corrected chi connectivity index (χ4v) is 4.86. The van der Waals surface area contributed by atoms with Crippen LogP contribution < -0.4 is 10.1 Å². The van der Waals surface area contributed by atoms with Gasteiger partial charge in [0.05, 0.1) is 25.0 Å². The SMILES string of the molecule is CC(C)C[C@@H]1NC(=O)[C@@H](CC(=O)OCc2ccccc2)Cc2ccc(cc2)OCCCC[C@@H](CN=[N+]=[N-])CC1=O. The van der Waals surface area contributed by atoms with E-state index in [1.54, 1.807) is 0 Å². The Balaban J connectivity index is 1.81. The second kappa shape index (κ2) is 16.3. The number of esters is 1. The summed E-state index contributed by atoms with van der Waals surface area (Å²) >= 11 is 0. The summed E-state index contributed by atoms with van der Waals surface area (Å²) in [6.45, 7) is 4.88. The van der Waals surface area contributed by atoms with Crippen LogP contribution in [0.2, 0.25) is 0 Å². The Labute approximate surface area is 236 Å². The smallest absolute Gasteiger partial charge is 0.306 e. The van der Waals surface area contributed by atoms with Crippen LogP contribution in [0.1, 0.15) is 63.5 Å². The second-order valence-corrected chi connectivity index (χ2v) is 10.9. The van der Waals surface area contributed by atoms with E-state index in [4.69, 9.17) is 15.0 Å². The van der Waals surface area contributed by atoms with Crippen molar-refractivity contribution >= 4 is 17.7 Å². The van der Waals surface area contributed by atoms with Crippen LogP contribution >= 0.6 is 0 Å². The number of amides is 1. The lowest BCUT2D eigenvalue weighted by molar-refractivity contribution is -0.148. The van der Waals surface area contributed by atoms with Gasteiger partial charge in [-0.1, -0.05) is 61.4 Å². The number of hydrogen-bond donors (Lipinski definition) is 1. The van der Waals surface area contributed by atoms with Gasteiger partial charge in [-0.2, -0.15) is 0 Å². The first-order valence-electron chi connectivity index (χ1n) is 14.1. The molecule has 0 aromatic heterocycles. The molecule has 0 saturated heterocycles. The minimum Gasteiger partial charge on any atom is -0.494 e. The van der Waals surface area contributed by atoms with Gasteiger partial charge in [0, 0.05) is 17.9 Å². The lowest BCUT2D eigenvalue weighted by Crippen LogP contribution is -2.45. The van der Waals surface area contributed by atoms with Crippen LogP contribution in [0, 0.1) is 17.8 Å². The number of Topliss-reactive ketones (excluding diaryl/α,β-unsaturated/α-hetero) is 1. The molecular formula is C31H40N4O5. The van der Waals surface area contributed by atoms with Crippen LogP contribution in [-0.2, 0) is 32.1 Å². The van der Waals surface area contributed by atoms with Gasteiger partial charge in [-0.3, -0.25) is 14.4 Å². The predicted molar refractivity (Wildman–Crippen MR) is 152 cm³/mol. The number of carbonyl (C=O) groups is 3. The van der Waals surface area contributed by atoms with Crippen molar-refractivity contribution in [2.45, 2.75) is 71.4 Å². The molecule has 2 aliphatic rings. The quantitative estimate of drug-likeness (QED) is 0.188. The first kappa shape index (κ1) is 30.7. The van der Waals surface area contributed by atoms with Gasteiger partial charge in [-0.05, 0) is 72.7 Å². The molecule has 2 aromatic carbocycles. The summed E-state index contributed by atoms with van der Waals surface area (Å²) in [4.78, 5) is 42.7.